The standard InChI is InChI=1S/C77H154N4O14P2/c1-5-9-13-17-21-25-29-31-33-35-37-41-45-49-53-57-63-90-68-72(80-74(82)59-55-51-47-43-39-27-23-19-15-11-7-3)70-94-96(86,87)92-65-61-78-76(84)67-77(85)79-62-66-93-97(88,89)95-71-73(81-75(83)60-56-52-48-44-40-28-24-20-16-12-8-4)69-91-64-58-54-50-46-42-38-36-34-32-30-26-22-18-14-10-6-2/h72-73H,5-71H2,1-4H3,(H,78,84)(H,79,85)(H,80,82)(H,81,83)(H,86,87)(H,88,89)/t72-,73-/m0/s1. The fourth-order valence-corrected chi connectivity index (χ4v) is 13.7. The highest BCUT2D eigenvalue weighted by atomic mass is 31.2. The monoisotopic (exact) mass is 1420 g/mol. The van der Waals surface area contributed by atoms with Gasteiger partial charge in [0.05, 0.1) is 51.7 Å². The zero-order valence-electron chi connectivity index (χ0n) is 63.2. The Hall–Kier alpha value is -1.98. The fourth-order valence-electron chi connectivity index (χ4n) is 12.1. The molecule has 20 heteroatoms. The minimum atomic E-state index is -4.61. The number of hydrogen-bond donors (Lipinski definition) is 6. The van der Waals surface area contributed by atoms with Crippen molar-refractivity contribution in [1.29, 1.82) is 0 Å². The first-order chi connectivity index (χ1) is 47.3. The highest BCUT2D eigenvalue weighted by Crippen LogP contribution is 2.44. The zero-order chi connectivity index (χ0) is 70.9. The predicted molar refractivity (Wildman–Crippen MR) is 401 cm³/mol. The summed E-state index contributed by atoms with van der Waals surface area (Å²) in [5, 5.41) is 10.8. The first-order valence-electron chi connectivity index (χ1n) is 40.8. The number of amides is 4. The van der Waals surface area contributed by atoms with E-state index in [0.29, 0.717) is 26.1 Å². The number of phosphoric acid groups is 2. The minimum Gasteiger partial charge on any atom is -0.379 e. The van der Waals surface area contributed by atoms with Crippen molar-refractivity contribution < 1.29 is 65.7 Å². The predicted octanol–water partition coefficient (Wildman–Crippen LogP) is 20.8. The summed E-state index contributed by atoms with van der Waals surface area (Å²) in [6.45, 7) is 8.35. The summed E-state index contributed by atoms with van der Waals surface area (Å²) in [7, 11) is -9.23. The van der Waals surface area contributed by atoms with E-state index < -0.39 is 59.2 Å². The Balaban J connectivity index is 4.87. The molecule has 4 atom stereocenters. The lowest BCUT2D eigenvalue weighted by Crippen LogP contribution is -2.41. The van der Waals surface area contributed by atoms with E-state index in [0.717, 1.165) is 89.9 Å². The van der Waals surface area contributed by atoms with Gasteiger partial charge in [0.1, 0.15) is 6.42 Å². The summed E-state index contributed by atoms with van der Waals surface area (Å²) in [5.41, 5.74) is 0. The molecule has 0 fully saturated rings. The molecular weight excluding hydrogens is 1270 g/mol. The van der Waals surface area contributed by atoms with Crippen LogP contribution in [-0.2, 0) is 55.9 Å². The maximum atomic E-state index is 13.0. The van der Waals surface area contributed by atoms with E-state index in [1.54, 1.807) is 0 Å². The van der Waals surface area contributed by atoms with E-state index >= 15 is 0 Å². The van der Waals surface area contributed by atoms with Gasteiger partial charge < -0.3 is 40.5 Å². The number of ether oxygens (including phenoxy) is 2. The Labute approximate surface area is 595 Å². The van der Waals surface area contributed by atoms with Crippen LogP contribution >= 0.6 is 15.6 Å². The van der Waals surface area contributed by atoms with Gasteiger partial charge in [0, 0.05) is 39.1 Å². The molecule has 0 heterocycles. The van der Waals surface area contributed by atoms with Crippen LogP contribution in [0, 0.1) is 0 Å². The topological polar surface area (TPSA) is 246 Å². The van der Waals surface area contributed by atoms with Crippen molar-refractivity contribution in [2.24, 2.45) is 0 Å². The second-order valence-corrected chi connectivity index (χ2v) is 30.8. The van der Waals surface area contributed by atoms with Crippen molar-refractivity contribution in [3.05, 3.63) is 0 Å². The quantitative estimate of drug-likeness (QED) is 0.0188. The first kappa shape index (κ1) is 95.0. The van der Waals surface area contributed by atoms with Crippen molar-refractivity contribution >= 4 is 39.3 Å². The second-order valence-electron chi connectivity index (χ2n) is 27.9. The van der Waals surface area contributed by atoms with Crippen LogP contribution in [-0.4, -0.2) is 111 Å². The molecule has 0 aromatic rings. The minimum absolute atomic E-state index is 0.108. The van der Waals surface area contributed by atoms with E-state index in [2.05, 4.69) is 49.0 Å². The van der Waals surface area contributed by atoms with Gasteiger partial charge in [0.25, 0.3) is 0 Å². The largest absolute Gasteiger partial charge is 0.472 e. The van der Waals surface area contributed by atoms with Crippen LogP contribution in [0.5, 0.6) is 0 Å². The van der Waals surface area contributed by atoms with Crippen LogP contribution < -0.4 is 21.3 Å². The van der Waals surface area contributed by atoms with Gasteiger partial charge in [-0.25, -0.2) is 9.13 Å². The third-order valence-corrected chi connectivity index (χ3v) is 20.2. The lowest BCUT2D eigenvalue weighted by atomic mass is 10.0. The molecule has 0 aliphatic rings. The number of unbranched alkanes of at least 4 members (excludes halogenated alkanes) is 50. The van der Waals surface area contributed by atoms with Gasteiger partial charge in [-0.2, -0.15) is 0 Å². The van der Waals surface area contributed by atoms with Gasteiger partial charge in [-0.1, -0.05) is 349 Å². The summed E-state index contributed by atoms with van der Waals surface area (Å²) in [5.74, 6) is -1.73. The molecule has 0 rings (SSSR count). The van der Waals surface area contributed by atoms with Crippen molar-refractivity contribution in [2.45, 2.75) is 406 Å². The van der Waals surface area contributed by atoms with Crippen LogP contribution in [0.4, 0.5) is 0 Å². The smallest absolute Gasteiger partial charge is 0.379 e. The SMILES string of the molecule is CCCCCCCCCCCCCCCCCCOC[C@@H](COP(=O)(O)OCCNC(=O)CC(=O)NCCOP(=O)(O)OC[C@H](COCCCCCCCCCCCCCCCCCC)NC(=O)CCCCCCCCCCCCC)NC(=O)CCCCCCCCCCCCC. The Kier molecular flexibility index (Phi) is 72.3. The Morgan fingerprint density at radius 1 is 0.278 bits per heavy atom. The van der Waals surface area contributed by atoms with Crippen molar-refractivity contribution in [1.82, 2.24) is 21.3 Å². The number of carbonyl (C=O) groups excluding carboxylic acids is 4. The van der Waals surface area contributed by atoms with Gasteiger partial charge in [-0.05, 0) is 25.7 Å². The molecule has 576 valence electrons. The molecule has 0 spiro atoms. The average molecular weight is 1420 g/mol. The van der Waals surface area contributed by atoms with Gasteiger partial charge in [0.15, 0.2) is 0 Å². The van der Waals surface area contributed by atoms with Crippen molar-refractivity contribution in [3.8, 4) is 0 Å². The Bertz CT molecular complexity index is 1720. The lowest BCUT2D eigenvalue weighted by molar-refractivity contribution is -0.129. The van der Waals surface area contributed by atoms with Crippen LogP contribution in [0.25, 0.3) is 0 Å². The van der Waals surface area contributed by atoms with E-state index in [9.17, 15) is 38.1 Å². The number of rotatable bonds is 80. The summed E-state index contributed by atoms with van der Waals surface area (Å²) in [6.07, 6.45) is 66.7. The molecule has 18 nitrogen and oxygen atoms in total. The lowest BCUT2D eigenvalue weighted by Gasteiger charge is -2.21. The van der Waals surface area contributed by atoms with Crippen molar-refractivity contribution in [3.63, 3.8) is 0 Å². The molecule has 0 bridgehead atoms. The van der Waals surface area contributed by atoms with E-state index in [-0.39, 0.29) is 51.3 Å². The highest BCUT2D eigenvalue weighted by molar-refractivity contribution is 7.47. The van der Waals surface area contributed by atoms with Crippen LogP contribution in [0.3, 0.4) is 0 Å². The molecule has 0 aromatic carbocycles. The maximum Gasteiger partial charge on any atom is 0.472 e. The second kappa shape index (κ2) is 73.8. The molecule has 0 saturated carbocycles. The first-order valence-corrected chi connectivity index (χ1v) is 43.8. The summed E-state index contributed by atoms with van der Waals surface area (Å²) >= 11 is 0. The van der Waals surface area contributed by atoms with E-state index in [1.807, 2.05) is 0 Å². The molecule has 6 N–H and O–H groups in total. The summed E-state index contributed by atoms with van der Waals surface area (Å²) in [4.78, 5) is 72.3. The number of hydrogen-bond acceptors (Lipinski definition) is 12. The highest BCUT2D eigenvalue weighted by Gasteiger charge is 2.26. The zero-order valence-corrected chi connectivity index (χ0v) is 65.0. The molecule has 4 amide bonds. The third kappa shape index (κ3) is 73.6. The Morgan fingerprint density at radius 2 is 0.495 bits per heavy atom. The Morgan fingerprint density at radius 3 is 0.732 bits per heavy atom. The molecule has 0 saturated heterocycles. The van der Waals surface area contributed by atoms with Crippen LogP contribution in [0.15, 0.2) is 0 Å². The fraction of sp³-hybridized carbons (Fsp3) is 0.948. The molecule has 0 aliphatic carbocycles. The average Bonchev–Trinajstić information content (AvgIpc) is 1.77. The molecular formula is C77H154N4O14P2. The van der Waals surface area contributed by atoms with Gasteiger partial charge in [0.2, 0.25) is 23.6 Å². The summed E-state index contributed by atoms with van der Waals surface area (Å²) in [6, 6.07) is -1.36. The third-order valence-electron chi connectivity index (χ3n) is 18.2. The van der Waals surface area contributed by atoms with Crippen molar-refractivity contribution in [2.75, 3.05) is 65.9 Å². The molecule has 97 heavy (non-hydrogen) atoms. The van der Waals surface area contributed by atoms with Crippen LogP contribution in [0.1, 0.15) is 394 Å². The van der Waals surface area contributed by atoms with Gasteiger partial charge in [-0.3, -0.25) is 37.3 Å². The molecule has 2 unspecified atom stereocenters. The van der Waals surface area contributed by atoms with Gasteiger partial charge >= 0.3 is 15.6 Å². The maximum absolute atomic E-state index is 13.0. The number of phosphoric ester groups is 2. The molecule has 0 radical (unpaired) electrons. The molecule has 0 aliphatic heterocycles. The van der Waals surface area contributed by atoms with E-state index in [1.165, 1.54) is 257 Å². The number of nitrogens with one attached hydrogen (secondary N) is 4. The molecule has 0 aromatic heterocycles. The summed E-state index contributed by atoms with van der Waals surface area (Å²) < 4.78 is 58.6. The van der Waals surface area contributed by atoms with Gasteiger partial charge in [-0.15, -0.1) is 0 Å². The van der Waals surface area contributed by atoms with E-state index in [4.69, 9.17) is 27.6 Å². The number of carbonyl (C=O) groups is 4. The normalized spacial score (nSPS) is 13.5. The van der Waals surface area contributed by atoms with Crippen LogP contribution in [0.2, 0.25) is 0 Å².